The minimum Gasteiger partial charge on any atom is -0.465 e. The van der Waals surface area contributed by atoms with Crippen molar-refractivity contribution < 1.29 is 76.1 Å². The van der Waals surface area contributed by atoms with Crippen LogP contribution in [-0.4, -0.2) is 74.2 Å². The Morgan fingerprint density at radius 3 is 1.56 bits per heavy atom. The van der Waals surface area contributed by atoms with Crippen LogP contribution < -0.4 is 4.18 Å². The van der Waals surface area contributed by atoms with Crippen LogP contribution >= 0.6 is 0 Å². The van der Waals surface area contributed by atoms with E-state index in [1.54, 1.807) is 0 Å². The van der Waals surface area contributed by atoms with Gasteiger partial charge in [0, 0.05) is 0 Å². The van der Waals surface area contributed by atoms with Crippen LogP contribution in [0, 0.1) is 5.92 Å². The zero-order chi connectivity index (χ0) is 36.8. The Kier molecular flexibility index (Phi) is 17.1. The third-order valence-electron chi connectivity index (χ3n) is 7.31. The van der Waals surface area contributed by atoms with Gasteiger partial charge in [-0.3, -0.25) is 9.35 Å². The molecule has 1 rings (SSSR count). The van der Waals surface area contributed by atoms with Crippen LogP contribution in [0.15, 0.2) is 24.3 Å². The number of aliphatic hydroxyl groups excluding tert-OH is 1. The lowest BCUT2D eigenvalue weighted by atomic mass is 9.98. The SMILES string of the molecule is CCC(O)C(CC)C(=O)OCCCCCCCCCCCCOC(=O)c1ccc(OS(=O)(=O)C(F)(F)C(F)(F)C(F)(F)S(=O)(=O)O)cc1. The molecule has 0 spiro atoms. The third-order valence-corrected chi connectivity index (χ3v) is 9.51. The fourth-order valence-electron chi connectivity index (χ4n) is 4.34. The molecule has 2 atom stereocenters. The standard InChI is InChI=1S/C29H42F6O11S2/c1-3-23(24(36)4-2)26(38)45-20-14-12-10-8-6-5-7-9-11-13-19-44-25(37)21-15-17-22(18-16-21)46-48(42,43)29(34,35)27(30,31)28(32,33)47(39,40)41/h15-18,23-24,36H,3-14,19-20H2,1-2H3,(H,39,40,41). The molecular formula is C29H42F6O11S2. The molecule has 48 heavy (non-hydrogen) atoms. The smallest absolute Gasteiger partial charge is 0.450 e. The average Bonchev–Trinajstić information content (AvgIpc) is 3.00. The van der Waals surface area contributed by atoms with Crippen LogP contribution in [0.4, 0.5) is 26.3 Å². The maximum atomic E-state index is 13.9. The van der Waals surface area contributed by atoms with E-state index in [0.29, 0.717) is 38.0 Å². The van der Waals surface area contributed by atoms with Gasteiger partial charge in [-0.15, -0.1) is 0 Å². The largest absolute Gasteiger partial charge is 0.465 e. The Bertz CT molecular complexity index is 1370. The normalized spacial score (nSPS) is 14.3. The molecule has 2 N–H and O–H groups in total. The molecule has 0 radical (unpaired) electrons. The molecule has 0 aliphatic heterocycles. The number of aliphatic hydroxyl groups is 1. The van der Waals surface area contributed by atoms with E-state index in [2.05, 4.69) is 4.18 Å². The van der Waals surface area contributed by atoms with Gasteiger partial charge in [0.25, 0.3) is 0 Å². The Morgan fingerprint density at radius 1 is 0.708 bits per heavy atom. The first kappa shape index (κ1) is 43.4. The molecule has 0 aromatic heterocycles. The van der Waals surface area contributed by atoms with Crippen molar-refractivity contribution >= 4 is 32.2 Å². The third kappa shape index (κ3) is 11.8. The summed E-state index contributed by atoms with van der Waals surface area (Å²) in [5.74, 6) is -9.99. The van der Waals surface area contributed by atoms with Gasteiger partial charge in [-0.05, 0) is 49.9 Å². The van der Waals surface area contributed by atoms with E-state index in [1.807, 2.05) is 13.8 Å². The highest BCUT2D eigenvalue weighted by Gasteiger charge is 2.83. The molecule has 278 valence electrons. The molecule has 1 aromatic carbocycles. The number of carbonyl (C=O) groups excluding carboxylic acids is 2. The van der Waals surface area contributed by atoms with E-state index in [-0.39, 0.29) is 18.1 Å². The second-order valence-corrected chi connectivity index (χ2v) is 14.0. The molecule has 0 heterocycles. The molecule has 0 aliphatic carbocycles. The van der Waals surface area contributed by atoms with E-state index in [1.165, 1.54) is 0 Å². The van der Waals surface area contributed by atoms with Gasteiger partial charge in [0.15, 0.2) is 0 Å². The number of esters is 2. The Hall–Kier alpha value is -2.64. The average molecular weight is 745 g/mol. The van der Waals surface area contributed by atoms with Crippen molar-refractivity contribution in [3.8, 4) is 5.75 Å². The molecule has 0 saturated carbocycles. The summed E-state index contributed by atoms with van der Waals surface area (Å²) >= 11 is 0. The van der Waals surface area contributed by atoms with Gasteiger partial charge in [0.2, 0.25) is 0 Å². The molecule has 0 aliphatic rings. The number of carbonyl (C=O) groups is 2. The molecule has 2 unspecified atom stereocenters. The molecule has 0 fully saturated rings. The topological polar surface area (TPSA) is 171 Å². The van der Waals surface area contributed by atoms with Crippen LogP contribution in [0.5, 0.6) is 5.75 Å². The number of hydrogen-bond acceptors (Lipinski definition) is 10. The van der Waals surface area contributed by atoms with E-state index in [4.69, 9.17) is 14.0 Å². The van der Waals surface area contributed by atoms with Gasteiger partial charge >= 0.3 is 48.6 Å². The maximum absolute atomic E-state index is 13.9. The number of unbranched alkanes of at least 4 members (excludes halogenated alkanes) is 9. The molecule has 0 saturated heterocycles. The summed E-state index contributed by atoms with van der Waals surface area (Å²) in [5.41, 5.74) is -0.214. The van der Waals surface area contributed by atoms with Crippen molar-refractivity contribution in [3.05, 3.63) is 29.8 Å². The summed E-state index contributed by atoms with van der Waals surface area (Å²) in [4.78, 5) is 24.2. The summed E-state index contributed by atoms with van der Waals surface area (Å²) in [6, 6.07) is 2.79. The lowest BCUT2D eigenvalue weighted by molar-refractivity contribution is -0.247. The monoisotopic (exact) mass is 744 g/mol. The van der Waals surface area contributed by atoms with Gasteiger partial charge in [0.05, 0.1) is 30.8 Å². The Balaban J connectivity index is 2.32. The Labute approximate surface area is 276 Å². The van der Waals surface area contributed by atoms with Crippen molar-refractivity contribution in [1.29, 1.82) is 0 Å². The number of ether oxygens (including phenoxy) is 2. The van der Waals surface area contributed by atoms with Crippen molar-refractivity contribution in [3.63, 3.8) is 0 Å². The van der Waals surface area contributed by atoms with Crippen molar-refractivity contribution in [2.75, 3.05) is 13.2 Å². The molecule has 0 amide bonds. The summed E-state index contributed by atoms with van der Waals surface area (Å²) in [6.07, 6.45) is 9.23. The quantitative estimate of drug-likeness (QED) is 0.0389. The van der Waals surface area contributed by atoms with Crippen molar-refractivity contribution in [2.45, 2.75) is 113 Å². The van der Waals surface area contributed by atoms with E-state index < -0.39 is 60.4 Å². The van der Waals surface area contributed by atoms with Crippen LogP contribution in [-0.2, 0) is 34.5 Å². The molecule has 1 aromatic rings. The zero-order valence-electron chi connectivity index (χ0n) is 26.5. The van der Waals surface area contributed by atoms with Gasteiger partial charge < -0.3 is 18.8 Å². The van der Waals surface area contributed by atoms with Crippen LogP contribution in [0.3, 0.4) is 0 Å². The van der Waals surface area contributed by atoms with Crippen LogP contribution in [0.25, 0.3) is 0 Å². The second kappa shape index (κ2) is 18.9. The predicted molar refractivity (Wildman–Crippen MR) is 160 cm³/mol. The number of benzene rings is 1. The highest BCUT2D eigenvalue weighted by atomic mass is 32.2. The predicted octanol–water partition coefficient (Wildman–Crippen LogP) is 6.50. The minimum absolute atomic E-state index is 0.0235. The van der Waals surface area contributed by atoms with Crippen LogP contribution in [0.2, 0.25) is 0 Å². The number of alkyl halides is 6. The van der Waals surface area contributed by atoms with E-state index in [9.17, 15) is 57.9 Å². The summed E-state index contributed by atoms with van der Waals surface area (Å²) in [5, 5.41) is -3.86. The van der Waals surface area contributed by atoms with E-state index in [0.717, 1.165) is 69.9 Å². The minimum atomic E-state index is -7.17. The van der Waals surface area contributed by atoms with Crippen molar-refractivity contribution in [1.82, 2.24) is 0 Å². The Morgan fingerprint density at radius 2 is 1.15 bits per heavy atom. The first-order valence-electron chi connectivity index (χ1n) is 15.3. The van der Waals surface area contributed by atoms with Gasteiger partial charge in [0.1, 0.15) is 5.75 Å². The van der Waals surface area contributed by atoms with Gasteiger partial charge in [-0.2, -0.15) is 43.2 Å². The lowest BCUT2D eigenvalue weighted by Gasteiger charge is -2.29. The van der Waals surface area contributed by atoms with Crippen molar-refractivity contribution in [2.24, 2.45) is 5.92 Å². The number of halogens is 6. The van der Waals surface area contributed by atoms with Gasteiger partial charge in [-0.25, -0.2) is 4.79 Å². The first-order chi connectivity index (χ1) is 22.2. The fraction of sp³-hybridized carbons (Fsp3) is 0.724. The first-order valence-corrected chi connectivity index (χ1v) is 18.2. The zero-order valence-corrected chi connectivity index (χ0v) is 28.1. The summed E-state index contributed by atoms with van der Waals surface area (Å²) in [6.45, 7) is 4.01. The fourth-order valence-corrected chi connectivity index (χ4v) is 5.77. The highest BCUT2D eigenvalue weighted by molar-refractivity contribution is 7.88. The second-order valence-electron chi connectivity index (χ2n) is 11.0. The summed E-state index contributed by atoms with van der Waals surface area (Å²) in [7, 11) is -14.1. The number of hydrogen-bond donors (Lipinski definition) is 2. The highest BCUT2D eigenvalue weighted by Crippen LogP contribution is 2.50. The molecule has 0 bridgehead atoms. The maximum Gasteiger partial charge on any atom is 0.450 e. The van der Waals surface area contributed by atoms with Gasteiger partial charge in [-0.1, -0.05) is 65.2 Å². The lowest BCUT2D eigenvalue weighted by Crippen LogP contribution is -2.61. The molecule has 11 nitrogen and oxygen atoms in total. The molecular weight excluding hydrogens is 702 g/mol. The van der Waals surface area contributed by atoms with Crippen LogP contribution in [0.1, 0.15) is 101 Å². The number of rotatable bonds is 24. The molecule has 19 heteroatoms. The summed E-state index contributed by atoms with van der Waals surface area (Å²) < 4.78 is 148. The van der Waals surface area contributed by atoms with E-state index >= 15 is 0 Å².